The van der Waals surface area contributed by atoms with Crippen LogP contribution in [-0.4, -0.2) is 0 Å². The summed E-state index contributed by atoms with van der Waals surface area (Å²) in [5.41, 5.74) is 2.88. The van der Waals surface area contributed by atoms with Crippen LogP contribution in [0, 0.1) is 6.92 Å². The van der Waals surface area contributed by atoms with E-state index < -0.39 is 0 Å². The van der Waals surface area contributed by atoms with Crippen LogP contribution in [0.2, 0.25) is 0 Å². The van der Waals surface area contributed by atoms with Crippen LogP contribution in [0.25, 0.3) is 0 Å². The second kappa shape index (κ2) is 7.00. The lowest BCUT2D eigenvalue weighted by atomic mass is 9.88. The zero-order valence-corrected chi connectivity index (χ0v) is 10.9. The van der Waals surface area contributed by atoms with Gasteiger partial charge in [0, 0.05) is 0 Å². The van der Waals surface area contributed by atoms with E-state index in [9.17, 15) is 0 Å². The Morgan fingerprint density at radius 2 is 1.44 bits per heavy atom. The molecule has 0 aliphatic rings. The van der Waals surface area contributed by atoms with Crippen LogP contribution in [0.4, 0.5) is 0 Å². The largest absolute Gasteiger partial charge is 0.0622 e. The van der Waals surface area contributed by atoms with Crippen LogP contribution in [-0.2, 0) is 6.42 Å². The van der Waals surface area contributed by atoms with Crippen molar-refractivity contribution in [3.05, 3.63) is 78.7 Å². The van der Waals surface area contributed by atoms with E-state index >= 15 is 0 Å². The van der Waals surface area contributed by atoms with Crippen molar-refractivity contribution in [2.24, 2.45) is 0 Å². The fraction of sp³-hybridized carbons (Fsp3) is 0.278. The minimum absolute atomic E-state index is 0.621. The van der Waals surface area contributed by atoms with Crippen LogP contribution in [0.3, 0.4) is 0 Å². The van der Waals surface area contributed by atoms with Gasteiger partial charge in [-0.2, -0.15) is 0 Å². The molecule has 1 radical (unpaired) electrons. The molecule has 0 bridgehead atoms. The quantitative estimate of drug-likeness (QED) is 0.662. The van der Waals surface area contributed by atoms with Crippen molar-refractivity contribution in [3.8, 4) is 0 Å². The van der Waals surface area contributed by atoms with E-state index in [0.717, 1.165) is 12.8 Å². The molecule has 2 aromatic rings. The van der Waals surface area contributed by atoms with Gasteiger partial charge < -0.3 is 0 Å². The zero-order valence-electron chi connectivity index (χ0n) is 10.9. The maximum absolute atomic E-state index is 3.96. The molecule has 2 aromatic carbocycles. The summed E-state index contributed by atoms with van der Waals surface area (Å²) in [7, 11) is 0. The molecule has 0 aliphatic heterocycles. The molecule has 93 valence electrons. The van der Waals surface area contributed by atoms with E-state index in [4.69, 9.17) is 0 Å². The third-order valence-electron chi connectivity index (χ3n) is 3.40. The highest BCUT2D eigenvalue weighted by Crippen LogP contribution is 2.26. The second-order valence-corrected chi connectivity index (χ2v) is 4.79. The van der Waals surface area contributed by atoms with Crippen molar-refractivity contribution in [1.82, 2.24) is 0 Å². The molecule has 0 amide bonds. The fourth-order valence-electron chi connectivity index (χ4n) is 2.40. The van der Waals surface area contributed by atoms with Gasteiger partial charge in [-0.05, 0) is 29.9 Å². The summed E-state index contributed by atoms with van der Waals surface area (Å²) in [4.78, 5) is 0. The molecule has 18 heavy (non-hydrogen) atoms. The van der Waals surface area contributed by atoms with E-state index in [2.05, 4.69) is 67.6 Å². The van der Waals surface area contributed by atoms with Crippen molar-refractivity contribution in [1.29, 1.82) is 0 Å². The van der Waals surface area contributed by atoms with E-state index in [0.29, 0.717) is 5.92 Å². The van der Waals surface area contributed by atoms with Gasteiger partial charge in [0.1, 0.15) is 0 Å². The summed E-state index contributed by atoms with van der Waals surface area (Å²) in [6, 6.07) is 21.6. The summed E-state index contributed by atoms with van der Waals surface area (Å²) in [5, 5.41) is 0. The Hall–Kier alpha value is -1.56. The Bertz CT molecular complexity index is 430. The Labute approximate surface area is 111 Å². The summed E-state index contributed by atoms with van der Waals surface area (Å²) in [6.07, 6.45) is 4.58. The van der Waals surface area contributed by atoms with E-state index in [1.54, 1.807) is 0 Å². The van der Waals surface area contributed by atoms with Gasteiger partial charge >= 0.3 is 0 Å². The Morgan fingerprint density at radius 1 is 0.833 bits per heavy atom. The summed E-state index contributed by atoms with van der Waals surface area (Å²) >= 11 is 0. The average molecular weight is 237 g/mol. The van der Waals surface area contributed by atoms with Gasteiger partial charge in [0.05, 0.1) is 0 Å². The molecule has 1 atom stereocenters. The highest BCUT2D eigenvalue weighted by molar-refractivity contribution is 5.24. The topological polar surface area (TPSA) is 0 Å². The number of unbranched alkanes of at least 4 members (excludes halogenated alkanes) is 1. The van der Waals surface area contributed by atoms with Crippen molar-refractivity contribution in [3.63, 3.8) is 0 Å². The molecule has 0 fully saturated rings. The molecule has 1 unspecified atom stereocenters. The maximum Gasteiger partial charge on any atom is -0.0121 e. The number of hydrogen-bond donors (Lipinski definition) is 0. The molecule has 2 rings (SSSR count). The molecule has 0 heterocycles. The molecular weight excluding hydrogens is 216 g/mol. The van der Waals surface area contributed by atoms with Crippen LogP contribution < -0.4 is 0 Å². The van der Waals surface area contributed by atoms with Crippen LogP contribution in [0.5, 0.6) is 0 Å². The third kappa shape index (κ3) is 3.73. The molecule has 0 heteroatoms. The summed E-state index contributed by atoms with van der Waals surface area (Å²) in [6.45, 7) is 3.96. The lowest BCUT2D eigenvalue weighted by molar-refractivity contribution is 0.592. The van der Waals surface area contributed by atoms with E-state index in [1.807, 2.05) is 0 Å². The first-order valence-corrected chi connectivity index (χ1v) is 6.78. The molecule has 0 nitrogen and oxygen atoms in total. The van der Waals surface area contributed by atoms with Crippen molar-refractivity contribution >= 4 is 0 Å². The van der Waals surface area contributed by atoms with Gasteiger partial charge in [-0.25, -0.2) is 0 Å². The fourth-order valence-corrected chi connectivity index (χ4v) is 2.40. The van der Waals surface area contributed by atoms with Crippen molar-refractivity contribution < 1.29 is 0 Å². The predicted octanol–water partition coefficient (Wildman–Crippen LogP) is 5.02. The average Bonchev–Trinajstić information content (AvgIpc) is 2.45. The Morgan fingerprint density at radius 3 is 2.06 bits per heavy atom. The molecule has 0 aliphatic carbocycles. The molecule has 0 N–H and O–H groups in total. The van der Waals surface area contributed by atoms with Gasteiger partial charge in [-0.1, -0.05) is 80.4 Å². The molecular formula is C18H21. The molecule has 0 aromatic heterocycles. The normalized spacial score (nSPS) is 12.3. The monoisotopic (exact) mass is 237 g/mol. The van der Waals surface area contributed by atoms with Crippen LogP contribution in [0.15, 0.2) is 60.7 Å². The predicted molar refractivity (Wildman–Crippen MR) is 78.5 cm³/mol. The Balaban J connectivity index is 2.10. The first-order chi connectivity index (χ1) is 8.90. The number of hydrogen-bond acceptors (Lipinski definition) is 0. The third-order valence-corrected chi connectivity index (χ3v) is 3.40. The number of rotatable bonds is 6. The molecule has 0 spiro atoms. The second-order valence-electron chi connectivity index (χ2n) is 4.79. The van der Waals surface area contributed by atoms with Gasteiger partial charge in [-0.3, -0.25) is 0 Å². The van der Waals surface area contributed by atoms with Crippen molar-refractivity contribution in [2.75, 3.05) is 0 Å². The minimum Gasteiger partial charge on any atom is -0.0622 e. The van der Waals surface area contributed by atoms with Gasteiger partial charge in [0.15, 0.2) is 0 Å². The van der Waals surface area contributed by atoms with E-state index in [1.165, 1.54) is 24.0 Å². The molecule has 0 saturated heterocycles. The SMILES string of the molecule is [CH2]CCCC(Cc1ccccc1)c1ccccc1. The first kappa shape index (κ1) is 12.9. The zero-order chi connectivity index (χ0) is 12.6. The maximum atomic E-state index is 3.96. The van der Waals surface area contributed by atoms with Crippen LogP contribution in [0.1, 0.15) is 36.3 Å². The minimum atomic E-state index is 0.621. The Kier molecular flexibility index (Phi) is 5.01. The highest BCUT2D eigenvalue weighted by atomic mass is 14.2. The van der Waals surface area contributed by atoms with Crippen molar-refractivity contribution in [2.45, 2.75) is 31.6 Å². The smallest absolute Gasteiger partial charge is 0.0121 e. The first-order valence-electron chi connectivity index (χ1n) is 6.78. The summed E-state index contributed by atoms with van der Waals surface area (Å²) < 4.78 is 0. The van der Waals surface area contributed by atoms with Crippen LogP contribution >= 0.6 is 0 Å². The number of benzene rings is 2. The summed E-state index contributed by atoms with van der Waals surface area (Å²) in [5.74, 6) is 0.621. The standard InChI is InChI=1S/C18H21/c1-2-3-12-18(17-13-8-5-9-14-17)15-16-10-6-4-7-11-16/h4-11,13-14,18H,1-3,12,15H2. The van der Waals surface area contributed by atoms with Gasteiger partial charge in [0.25, 0.3) is 0 Å². The lowest BCUT2D eigenvalue weighted by Crippen LogP contribution is -2.03. The lowest BCUT2D eigenvalue weighted by Gasteiger charge is -2.17. The van der Waals surface area contributed by atoms with E-state index in [-0.39, 0.29) is 0 Å². The van der Waals surface area contributed by atoms with Gasteiger partial charge in [0.2, 0.25) is 0 Å². The highest BCUT2D eigenvalue weighted by Gasteiger charge is 2.11. The van der Waals surface area contributed by atoms with Gasteiger partial charge in [-0.15, -0.1) is 0 Å². The molecule has 0 saturated carbocycles.